The molecule has 1 aromatic carbocycles. The molecular formula is C14H23N3O2S. The normalized spacial score (nSPS) is 18.1. The maximum absolute atomic E-state index is 12.5. The maximum atomic E-state index is 12.5. The number of nitrogens with one attached hydrogen (secondary N) is 1. The minimum Gasteiger partial charge on any atom is -0.385 e. The number of benzene rings is 1. The van der Waals surface area contributed by atoms with Crippen LogP contribution < -0.4 is 5.32 Å². The summed E-state index contributed by atoms with van der Waals surface area (Å²) in [4.78, 5) is 2.64. The van der Waals surface area contributed by atoms with Crippen LogP contribution >= 0.6 is 0 Å². The van der Waals surface area contributed by atoms with Gasteiger partial charge in [0.1, 0.15) is 0 Å². The zero-order valence-electron chi connectivity index (χ0n) is 12.2. The molecule has 0 amide bonds. The Labute approximate surface area is 121 Å². The molecule has 112 valence electrons. The number of likely N-dealkylation sites (N-methyl/N-ethyl adjacent to an activating group) is 1. The van der Waals surface area contributed by atoms with Crippen molar-refractivity contribution in [3.63, 3.8) is 0 Å². The van der Waals surface area contributed by atoms with Crippen molar-refractivity contribution in [2.24, 2.45) is 0 Å². The van der Waals surface area contributed by atoms with E-state index in [1.165, 1.54) is 0 Å². The van der Waals surface area contributed by atoms with E-state index >= 15 is 0 Å². The van der Waals surface area contributed by atoms with Crippen LogP contribution in [0.15, 0.2) is 29.2 Å². The predicted octanol–water partition coefficient (Wildman–Crippen LogP) is 1.44. The summed E-state index contributed by atoms with van der Waals surface area (Å²) < 4.78 is 26.7. The van der Waals surface area contributed by atoms with Crippen molar-refractivity contribution in [3.8, 4) is 0 Å². The van der Waals surface area contributed by atoms with Gasteiger partial charge in [0.15, 0.2) is 0 Å². The molecule has 1 N–H and O–H groups in total. The van der Waals surface area contributed by atoms with Crippen molar-refractivity contribution >= 4 is 15.7 Å². The second-order valence-corrected chi connectivity index (χ2v) is 6.83. The first-order valence-electron chi connectivity index (χ1n) is 7.14. The highest BCUT2D eigenvalue weighted by Gasteiger charge is 2.27. The van der Waals surface area contributed by atoms with Gasteiger partial charge in [-0.1, -0.05) is 6.92 Å². The number of sulfonamides is 1. The molecule has 0 radical (unpaired) electrons. The van der Waals surface area contributed by atoms with Crippen LogP contribution in [-0.2, 0) is 10.0 Å². The van der Waals surface area contributed by atoms with Gasteiger partial charge in [0.05, 0.1) is 4.90 Å². The summed E-state index contributed by atoms with van der Waals surface area (Å²) in [5, 5.41) is 3.16. The van der Waals surface area contributed by atoms with Gasteiger partial charge in [-0.05, 0) is 37.7 Å². The third-order valence-electron chi connectivity index (χ3n) is 3.65. The lowest BCUT2D eigenvalue weighted by molar-refractivity contribution is 0.196. The quantitative estimate of drug-likeness (QED) is 0.893. The SMILES string of the molecule is CCNc1ccc(S(=O)(=O)N2CCN(CC)CC2)cc1. The molecule has 1 aliphatic rings. The molecule has 1 fully saturated rings. The minimum atomic E-state index is -3.35. The van der Waals surface area contributed by atoms with Crippen molar-refractivity contribution in [1.29, 1.82) is 0 Å². The van der Waals surface area contributed by atoms with Crippen LogP contribution in [0.3, 0.4) is 0 Å². The van der Waals surface area contributed by atoms with E-state index in [2.05, 4.69) is 17.1 Å². The highest BCUT2D eigenvalue weighted by Crippen LogP contribution is 2.19. The Hall–Kier alpha value is -1.11. The average molecular weight is 297 g/mol. The lowest BCUT2D eigenvalue weighted by Gasteiger charge is -2.33. The fourth-order valence-corrected chi connectivity index (χ4v) is 3.81. The van der Waals surface area contributed by atoms with Crippen LogP contribution in [0.2, 0.25) is 0 Å². The molecule has 5 nitrogen and oxygen atoms in total. The molecule has 6 heteroatoms. The fourth-order valence-electron chi connectivity index (χ4n) is 2.38. The summed E-state index contributed by atoms with van der Waals surface area (Å²) in [6, 6.07) is 7.00. The Morgan fingerprint density at radius 2 is 1.65 bits per heavy atom. The smallest absolute Gasteiger partial charge is 0.243 e. The van der Waals surface area contributed by atoms with Gasteiger partial charge in [-0.3, -0.25) is 0 Å². The lowest BCUT2D eigenvalue weighted by Crippen LogP contribution is -2.48. The van der Waals surface area contributed by atoms with E-state index in [1.54, 1.807) is 16.4 Å². The van der Waals surface area contributed by atoms with Crippen LogP contribution in [-0.4, -0.2) is 56.9 Å². The topological polar surface area (TPSA) is 52.7 Å². The van der Waals surface area contributed by atoms with Crippen LogP contribution in [0.25, 0.3) is 0 Å². The minimum absolute atomic E-state index is 0.379. The van der Waals surface area contributed by atoms with E-state index in [4.69, 9.17) is 0 Å². The molecule has 0 atom stereocenters. The molecular weight excluding hydrogens is 274 g/mol. The third kappa shape index (κ3) is 3.31. The van der Waals surface area contributed by atoms with Gasteiger partial charge in [0.25, 0.3) is 0 Å². The first-order chi connectivity index (χ1) is 9.57. The highest BCUT2D eigenvalue weighted by molar-refractivity contribution is 7.89. The number of piperazine rings is 1. The Bertz CT molecular complexity index is 520. The second kappa shape index (κ2) is 6.56. The van der Waals surface area contributed by atoms with Crippen LogP contribution in [0.4, 0.5) is 5.69 Å². The largest absolute Gasteiger partial charge is 0.385 e. The summed E-state index contributed by atoms with van der Waals surface area (Å²) in [6.45, 7) is 8.69. The average Bonchev–Trinajstić information content (AvgIpc) is 2.48. The first-order valence-corrected chi connectivity index (χ1v) is 8.58. The van der Waals surface area contributed by atoms with E-state index in [1.807, 2.05) is 19.1 Å². The van der Waals surface area contributed by atoms with Gasteiger partial charge in [0, 0.05) is 38.4 Å². The first kappa shape index (κ1) is 15.3. The van der Waals surface area contributed by atoms with Crippen molar-refractivity contribution in [3.05, 3.63) is 24.3 Å². The van der Waals surface area contributed by atoms with Gasteiger partial charge in [-0.25, -0.2) is 8.42 Å². The van der Waals surface area contributed by atoms with Gasteiger partial charge < -0.3 is 10.2 Å². The molecule has 0 spiro atoms. The summed E-state index contributed by atoms with van der Waals surface area (Å²) in [5.74, 6) is 0. The summed E-state index contributed by atoms with van der Waals surface area (Å²) in [5.41, 5.74) is 0.947. The molecule has 0 unspecified atom stereocenters. The summed E-state index contributed by atoms with van der Waals surface area (Å²) in [6.07, 6.45) is 0. The molecule has 0 bridgehead atoms. The zero-order valence-corrected chi connectivity index (χ0v) is 13.0. The molecule has 2 rings (SSSR count). The Kier molecular flexibility index (Phi) is 5.01. The van der Waals surface area contributed by atoms with Crippen LogP contribution in [0, 0.1) is 0 Å². The standard InChI is InChI=1S/C14H23N3O2S/c1-3-15-13-5-7-14(8-6-13)20(18,19)17-11-9-16(4-2)10-12-17/h5-8,15H,3-4,9-12H2,1-2H3. The predicted molar refractivity (Wildman–Crippen MR) is 81.5 cm³/mol. The molecule has 0 aliphatic carbocycles. The molecule has 1 aliphatic heterocycles. The number of rotatable bonds is 5. The van der Waals surface area contributed by atoms with Gasteiger partial charge in [0.2, 0.25) is 10.0 Å². The second-order valence-electron chi connectivity index (χ2n) is 4.89. The zero-order chi connectivity index (χ0) is 14.6. The van der Waals surface area contributed by atoms with Crippen molar-refractivity contribution in [1.82, 2.24) is 9.21 Å². The number of hydrogen-bond donors (Lipinski definition) is 1. The van der Waals surface area contributed by atoms with E-state index < -0.39 is 10.0 Å². The molecule has 1 heterocycles. The molecule has 1 aromatic rings. The molecule has 1 saturated heterocycles. The van der Waals surface area contributed by atoms with Crippen LogP contribution in [0.5, 0.6) is 0 Å². The number of anilines is 1. The van der Waals surface area contributed by atoms with Gasteiger partial charge >= 0.3 is 0 Å². The van der Waals surface area contributed by atoms with Crippen LogP contribution in [0.1, 0.15) is 13.8 Å². The van der Waals surface area contributed by atoms with E-state index in [-0.39, 0.29) is 0 Å². The number of nitrogens with zero attached hydrogens (tertiary/aromatic N) is 2. The van der Waals surface area contributed by atoms with Crippen molar-refractivity contribution in [2.45, 2.75) is 18.7 Å². The Morgan fingerprint density at radius 3 is 2.15 bits per heavy atom. The monoisotopic (exact) mass is 297 g/mol. The van der Waals surface area contributed by atoms with Gasteiger partial charge in [-0.2, -0.15) is 4.31 Å². The number of hydrogen-bond acceptors (Lipinski definition) is 4. The van der Waals surface area contributed by atoms with E-state index in [0.717, 1.165) is 31.9 Å². The van der Waals surface area contributed by atoms with Gasteiger partial charge in [-0.15, -0.1) is 0 Å². The third-order valence-corrected chi connectivity index (χ3v) is 5.56. The van der Waals surface area contributed by atoms with E-state index in [0.29, 0.717) is 18.0 Å². The molecule has 0 aromatic heterocycles. The summed E-state index contributed by atoms with van der Waals surface area (Å²) in [7, 11) is -3.35. The Balaban J connectivity index is 2.10. The highest BCUT2D eigenvalue weighted by atomic mass is 32.2. The maximum Gasteiger partial charge on any atom is 0.243 e. The Morgan fingerprint density at radius 1 is 1.05 bits per heavy atom. The fraction of sp³-hybridized carbons (Fsp3) is 0.571. The summed E-state index contributed by atoms with van der Waals surface area (Å²) >= 11 is 0. The molecule has 0 saturated carbocycles. The molecule has 20 heavy (non-hydrogen) atoms. The van der Waals surface area contributed by atoms with Crippen molar-refractivity contribution < 1.29 is 8.42 Å². The van der Waals surface area contributed by atoms with E-state index in [9.17, 15) is 8.42 Å². The lowest BCUT2D eigenvalue weighted by atomic mass is 10.3. The van der Waals surface area contributed by atoms with Crippen molar-refractivity contribution in [2.75, 3.05) is 44.6 Å².